The smallest absolute Gasteiger partial charge is 0.317 e. The molecule has 2 amide bonds. The first-order valence-electron chi connectivity index (χ1n) is 6.52. The van der Waals surface area contributed by atoms with E-state index in [0.29, 0.717) is 18.9 Å². The fourth-order valence-corrected chi connectivity index (χ4v) is 2.22. The summed E-state index contributed by atoms with van der Waals surface area (Å²) in [4.78, 5) is 24.4. The molecule has 1 aromatic heterocycles. The van der Waals surface area contributed by atoms with Crippen LogP contribution in [0, 0.1) is 11.8 Å². The Morgan fingerprint density at radius 3 is 2.60 bits per heavy atom. The maximum absolute atomic E-state index is 12.0. The molecule has 2 heterocycles. The maximum Gasteiger partial charge on any atom is 0.317 e. The fourth-order valence-electron chi connectivity index (χ4n) is 2.22. The molecule has 2 N–H and O–H groups in total. The molecule has 0 spiro atoms. The average Bonchev–Trinajstić information content (AvgIpc) is 2.73. The van der Waals surface area contributed by atoms with Gasteiger partial charge >= 0.3 is 12.0 Å². The largest absolute Gasteiger partial charge is 0.481 e. The van der Waals surface area contributed by atoms with Crippen molar-refractivity contribution in [2.75, 3.05) is 13.1 Å². The number of amides is 2. The van der Waals surface area contributed by atoms with Crippen molar-refractivity contribution < 1.29 is 14.7 Å². The number of likely N-dealkylation sites (tertiary alicyclic amines) is 1. The third-order valence-corrected chi connectivity index (χ3v) is 3.77. The fraction of sp³-hybridized carbons (Fsp3) is 0.667. The quantitative estimate of drug-likeness (QED) is 0.823. The molecule has 1 fully saturated rings. The zero-order valence-electron chi connectivity index (χ0n) is 11.8. The lowest BCUT2D eigenvalue weighted by Crippen LogP contribution is -2.56. The lowest BCUT2D eigenvalue weighted by atomic mass is 9.87. The summed E-state index contributed by atoms with van der Waals surface area (Å²) in [5, 5.41) is 19.4. The minimum Gasteiger partial charge on any atom is -0.481 e. The minimum absolute atomic E-state index is 0.0309. The topological polar surface area (TPSA) is 100 Å². The number of aliphatic carboxylic acids is 1. The van der Waals surface area contributed by atoms with Crippen molar-refractivity contribution in [3.63, 3.8) is 0 Å². The van der Waals surface area contributed by atoms with Gasteiger partial charge in [0.1, 0.15) is 6.33 Å². The molecule has 8 nitrogen and oxygen atoms in total. The number of carbonyl (C=O) groups is 2. The number of aromatic nitrogens is 3. The summed E-state index contributed by atoms with van der Waals surface area (Å²) in [5.74, 6) is -0.532. The van der Waals surface area contributed by atoms with Gasteiger partial charge in [-0.2, -0.15) is 0 Å². The number of nitrogens with one attached hydrogen (secondary N) is 1. The zero-order valence-corrected chi connectivity index (χ0v) is 11.8. The standard InChI is InChI=1S/C12H19N5O3/c1-7(11(18)19)9-4-17(5-9)12(20)14-8(2)10-15-13-6-16(10)3/h6-9H,4-5H2,1-3H3,(H,14,20)(H,18,19). The number of carboxylic acids is 1. The third kappa shape index (κ3) is 2.73. The molecule has 0 aliphatic carbocycles. The molecule has 1 saturated heterocycles. The molecule has 110 valence electrons. The number of nitrogens with zero attached hydrogens (tertiary/aromatic N) is 4. The van der Waals surface area contributed by atoms with E-state index in [1.54, 1.807) is 22.7 Å². The first kappa shape index (κ1) is 14.3. The van der Waals surface area contributed by atoms with Gasteiger partial charge in [0.15, 0.2) is 5.82 Å². The van der Waals surface area contributed by atoms with Crippen LogP contribution in [0.1, 0.15) is 25.7 Å². The van der Waals surface area contributed by atoms with E-state index < -0.39 is 11.9 Å². The Hall–Kier alpha value is -2.12. The van der Waals surface area contributed by atoms with Crippen molar-refractivity contribution in [3.8, 4) is 0 Å². The lowest BCUT2D eigenvalue weighted by Gasteiger charge is -2.41. The van der Waals surface area contributed by atoms with Crippen molar-refractivity contribution in [2.24, 2.45) is 18.9 Å². The molecule has 2 unspecified atom stereocenters. The molecule has 0 saturated carbocycles. The summed E-state index contributed by atoms with van der Waals surface area (Å²) in [6, 6.07) is -0.444. The van der Waals surface area contributed by atoms with E-state index in [9.17, 15) is 9.59 Å². The second-order valence-electron chi connectivity index (χ2n) is 5.26. The summed E-state index contributed by atoms with van der Waals surface area (Å²) >= 11 is 0. The predicted molar refractivity (Wildman–Crippen MR) is 69.8 cm³/mol. The van der Waals surface area contributed by atoms with E-state index in [-0.39, 0.29) is 18.0 Å². The molecule has 0 radical (unpaired) electrons. The number of hydrogen-bond donors (Lipinski definition) is 2. The zero-order chi connectivity index (χ0) is 14.9. The van der Waals surface area contributed by atoms with Crippen molar-refractivity contribution in [3.05, 3.63) is 12.2 Å². The monoisotopic (exact) mass is 281 g/mol. The van der Waals surface area contributed by atoms with Crippen molar-refractivity contribution in [1.82, 2.24) is 25.0 Å². The highest BCUT2D eigenvalue weighted by Crippen LogP contribution is 2.24. The molecule has 2 rings (SSSR count). The number of carbonyl (C=O) groups excluding carboxylic acids is 1. The van der Waals surface area contributed by atoms with Crippen molar-refractivity contribution in [2.45, 2.75) is 19.9 Å². The molecular weight excluding hydrogens is 262 g/mol. The van der Waals surface area contributed by atoms with Gasteiger partial charge in [-0.3, -0.25) is 4.79 Å². The van der Waals surface area contributed by atoms with Crippen molar-refractivity contribution in [1.29, 1.82) is 0 Å². The average molecular weight is 281 g/mol. The van der Waals surface area contributed by atoms with Crippen LogP contribution in [-0.4, -0.2) is 49.9 Å². The van der Waals surface area contributed by atoms with Crippen LogP contribution in [-0.2, 0) is 11.8 Å². The minimum atomic E-state index is -0.817. The Labute approximate surface area is 116 Å². The van der Waals surface area contributed by atoms with Crippen LogP contribution in [0.25, 0.3) is 0 Å². The Kier molecular flexibility index (Phi) is 3.91. The van der Waals surface area contributed by atoms with E-state index in [1.807, 2.05) is 14.0 Å². The van der Waals surface area contributed by atoms with Crippen LogP contribution in [0.2, 0.25) is 0 Å². The van der Waals surface area contributed by atoms with E-state index in [4.69, 9.17) is 5.11 Å². The van der Waals surface area contributed by atoms with Crippen LogP contribution in [0.3, 0.4) is 0 Å². The van der Waals surface area contributed by atoms with Crippen LogP contribution in [0.5, 0.6) is 0 Å². The van der Waals surface area contributed by atoms with Gasteiger partial charge in [0.2, 0.25) is 0 Å². The first-order valence-corrected chi connectivity index (χ1v) is 6.52. The number of urea groups is 1. The molecule has 0 aromatic carbocycles. The second kappa shape index (κ2) is 5.48. The second-order valence-corrected chi connectivity index (χ2v) is 5.26. The van der Waals surface area contributed by atoms with Crippen LogP contribution in [0.15, 0.2) is 6.33 Å². The van der Waals surface area contributed by atoms with E-state index in [1.165, 1.54) is 0 Å². The number of carboxylic acid groups (broad SMARTS) is 1. The summed E-state index contributed by atoms with van der Waals surface area (Å²) in [6.07, 6.45) is 1.58. The highest BCUT2D eigenvalue weighted by Gasteiger charge is 2.37. The van der Waals surface area contributed by atoms with E-state index >= 15 is 0 Å². The number of aryl methyl sites for hydroxylation is 1. The van der Waals surface area contributed by atoms with Gasteiger partial charge in [-0.15, -0.1) is 10.2 Å². The first-order chi connectivity index (χ1) is 9.40. The van der Waals surface area contributed by atoms with Gasteiger partial charge in [-0.25, -0.2) is 4.79 Å². The van der Waals surface area contributed by atoms with Crippen LogP contribution < -0.4 is 5.32 Å². The predicted octanol–water partition coefficient (Wildman–Crippen LogP) is 0.238. The lowest BCUT2D eigenvalue weighted by molar-refractivity contribution is -0.144. The molecule has 1 aliphatic heterocycles. The Morgan fingerprint density at radius 2 is 2.10 bits per heavy atom. The summed E-state index contributed by atoms with van der Waals surface area (Å²) in [7, 11) is 1.81. The normalized spacial score (nSPS) is 18.2. The van der Waals surface area contributed by atoms with Gasteiger partial charge in [0.05, 0.1) is 12.0 Å². The highest BCUT2D eigenvalue weighted by molar-refractivity contribution is 5.76. The number of hydrogen-bond acceptors (Lipinski definition) is 4. The molecule has 1 aliphatic rings. The highest BCUT2D eigenvalue weighted by atomic mass is 16.4. The van der Waals surface area contributed by atoms with E-state index in [0.717, 1.165) is 0 Å². The Morgan fingerprint density at radius 1 is 1.45 bits per heavy atom. The molecule has 8 heteroatoms. The van der Waals surface area contributed by atoms with Crippen LogP contribution in [0.4, 0.5) is 4.79 Å². The van der Waals surface area contributed by atoms with Crippen LogP contribution >= 0.6 is 0 Å². The van der Waals surface area contributed by atoms with E-state index in [2.05, 4.69) is 15.5 Å². The molecule has 1 aromatic rings. The molecule has 2 atom stereocenters. The van der Waals surface area contributed by atoms with Gasteiger partial charge < -0.3 is 19.9 Å². The maximum atomic E-state index is 12.0. The molecule has 0 bridgehead atoms. The van der Waals surface area contributed by atoms with Crippen molar-refractivity contribution >= 4 is 12.0 Å². The molecular formula is C12H19N5O3. The van der Waals surface area contributed by atoms with Gasteiger partial charge in [0, 0.05) is 26.1 Å². The molecule has 20 heavy (non-hydrogen) atoms. The SMILES string of the molecule is CC(NC(=O)N1CC(C(C)C(=O)O)C1)c1nncn1C. The summed E-state index contributed by atoms with van der Waals surface area (Å²) in [5.41, 5.74) is 0. The Balaban J connectivity index is 1.83. The van der Waals surface area contributed by atoms with Gasteiger partial charge in [0.25, 0.3) is 0 Å². The number of rotatable bonds is 4. The third-order valence-electron chi connectivity index (χ3n) is 3.77. The Bertz CT molecular complexity index is 509. The van der Waals surface area contributed by atoms with Gasteiger partial charge in [-0.1, -0.05) is 6.92 Å². The summed E-state index contributed by atoms with van der Waals surface area (Å²) < 4.78 is 1.75. The van der Waals surface area contributed by atoms with Gasteiger partial charge in [-0.05, 0) is 6.92 Å². The summed E-state index contributed by atoms with van der Waals surface area (Å²) in [6.45, 7) is 4.46.